The van der Waals surface area contributed by atoms with Gasteiger partial charge >= 0.3 is 18.3 Å². The number of alkyl halides is 4. The molecule has 1 N–H and O–H groups in total. The Balaban J connectivity index is 2.57. The number of aliphatic carboxylic acids is 1. The lowest BCUT2D eigenvalue weighted by Crippen LogP contribution is -2.30. The SMILES string of the molecule is O=C(O)[C@@H]1C[C@H]1C(F)(F)C(F)F. The molecule has 6 heteroatoms. The lowest BCUT2D eigenvalue weighted by atomic mass is 10.2. The van der Waals surface area contributed by atoms with Crippen LogP contribution >= 0.6 is 0 Å². The Kier molecular flexibility index (Phi) is 2.01. The highest BCUT2D eigenvalue weighted by atomic mass is 19.3. The van der Waals surface area contributed by atoms with Crippen LogP contribution < -0.4 is 0 Å². The molecular weight excluding hydrogens is 180 g/mol. The van der Waals surface area contributed by atoms with Crippen molar-refractivity contribution >= 4 is 5.97 Å². The second-order valence-electron chi connectivity index (χ2n) is 2.76. The average Bonchev–Trinajstić information content (AvgIpc) is 2.63. The molecule has 2 nitrogen and oxygen atoms in total. The Labute approximate surface area is 65.2 Å². The van der Waals surface area contributed by atoms with Gasteiger partial charge in [-0.1, -0.05) is 0 Å². The largest absolute Gasteiger partial charge is 0.481 e. The number of hydrogen-bond donors (Lipinski definition) is 1. The number of halogens is 4. The summed E-state index contributed by atoms with van der Waals surface area (Å²) in [6, 6.07) is 0. The van der Waals surface area contributed by atoms with Crippen molar-refractivity contribution in [2.75, 3.05) is 0 Å². The average molecular weight is 186 g/mol. The van der Waals surface area contributed by atoms with E-state index in [1.807, 2.05) is 0 Å². The predicted molar refractivity (Wildman–Crippen MR) is 30.2 cm³/mol. The van der Waals surface area contributed by atoms with E-state index in [2.05, 4.69) is 0 Å². The summed E-state index contributed by atoms with van der Waals surface area (Å²) in [5.74, 6) is -8.56. The van der Waals surface area contributed by atoms with Crippen molar-refractivity contribution in [2.24, 2.45) is 11.8 Å². The van der Waals surface area contributed by atoms with Crippen LogP contribution in [0.25, 0.3) is 0 Å². The zero-order valence-electron chi connectivity index (χ0n) is 5.81. The third kappa shape index (κ3) is 1.37. The minimum Gasteiger partial charge on any atom is -0.481 e. The van der Waals surface area contributed by atoms with Gasteiger partial charge in [-0.25, -0.2) is 8.78 Å². The molecule has 12 heavy (non-hydrogen) atoms. The Morgan fingerprint density at radius 2 is 2.00 bits per heavy atom. The molecule has 1 aliphatic rings. The van der Waals surface area contributed by atoms with Crippen LogP contribution in [0.1, 0.15) is 6.42 Å². The fraction of sp³-hybridized carbons (Fsp3) is 0.833. The van der Waals surface area contributed by atoms with Crippen LogP contribution in [0.2, 0.25) is 0 Å². The third-order valence-corrected chi connectivity index (χ3v) is 1.89. The van der Waals surface area contributed by atoms with Crippen molar-refractivity contribution in [1.29, 1.82) is 0 Å². The molecule has 0 aromatic carbocycles. The molecule has 0 aromatic rings. The van der Waals surface area contributed by atoms with Gasteiger partial charge in [-0.15, -0.1) is 0 Å². The first-order valence-electron chi connectivity index (χ1n) is 3.26. The smallest absolute Gasteiger partial charge is 0.311 e. The Hall–Kier alpha value is -0.810. The van der Waals surface area contributed by atoms with Gasteiger partial charge < -0.3 is 5.11 Å². The second kappa shape index (κ2) is 2.60. The van der Waals surface area contributed by atoms with Crippen LogP contribution in [-0.4, -0.2) is 23.4 Å². The zero-order chi connectivity index (χ0) is 9.52. The van der Waals surface area contributed by atoms with E-state index >= 15 is 0 Å². The van der Waals surface area contributed by atoms with Crippen LogP contribution in [0.5, 0.6) is 0 Å². The molecule has 0 aromatic heterocycles. The first-order chi connectivity index (χ1) is 5.37. The van der Waals surface area contributed by atoms with E-state index in [-0.39, 0.29) is 6.42 Å². The summed E-state index contributed by atoms with van der Waals surface area (Å²) in [6.07, 6.45) is -4.13. The van der Waals surface area contributed by atoms with Gasteiger partial charge in [0.05, 0.1) is 5.92 Å². The summed E-state index contributed by atoms with van der Waals surface area (Å²) < 4.78 is 47.9. The lowest BCUT2D eigenvalue weighted by Gasteiger charge is -2.13. The number of carboxylic acids is 1. The fourth-order valence-electron chi connectivity index (χ4n) is 1.06. The first-order valence-corrected chi connectivity index (χ1v) is 3.26. The molecule has 0 heterocycles. The fourth-order valence-corrected chi connectivity index (χ4v) is 1.06. The third-order valence-electron chi connectivity index (χ3n) is 1.89. The van der Waals surface area contributed by atoms with Crippen LogP contribution in [0.15, 0.2) is 0 Å². The van der Waals surface area contributed by atoms with Gasteiger partial charge in [0, 0.05) is 5.92 Å². The number of rotatable bonds is 3. The lowest BCUT2D eigenvalue weighted by molar-refractivity contribution is -0.155. The molecule has 0 unspecified atom stereocenters. The molecule has 0 bridgehead atoms. The quantitative estimate of drug-likeness (QED) is 0.680. The summed E-state index contributed by atoms with van der Waals surface area (Å²) >= 11 is 0. The van der Waals surface area contributed by atoms with E-state index in [1.54, 1.807) is 0 Å². The molecule has 0 spiro atoms. The summed E-state index contributed by atoms with van der Waals surface area (Å²) in [7, 11) is 0. The molecule has 0 amide bonds. The van der Waals surface area contributed by atoms with Crippen molar-refractivity contribution < 1.29 is 27.5 Å². The van der Waals surface area contributed by atoms with Crippen molar-refractivity contribution in [3.8, 4) is 0 Å². The minimum absolute atomic E-state index is 0.354. The van der Waals surface area contributed by atoms with Gasteiger partial charge in [-0.3, -0.25) is 4.79 Å². The Morgan fingerprint density at radius 3 is 2.25 bits per heavy atom. The van der Waals surface area contributed by atoms with E-state index < -0.39 is 30.2 Å². The van der Waals surface area contributed by atoms with Crippen LogP contribution in [0.4, 0.5) is 17.6 Å². The number of carbonyl (C=O) groups is 1. The summed E-state index contributed by atoms with van der Waals surface area (Å²) in [6.45, 7) is 0. The van der Waals surface area contributed by atoms with Crippen molar-refractivity contribution in [3.63, 3.8) is 0 Å². The molecule has 1 fully saturated rings. The molecule has 0 saturated heterocycles. The van der Waals surface area contributed by atoms with Gasteiger partial charge in [-0.05, 0) is 6.42 Å². The van der Waals surface area contributed by atoms with Crippen LogP contribution in [-0.2, 0) is 4.79 Å². The molecular formula is C6H6F4O2. The molecule has 0 radical (unpaired) electrons. The molecule has 2 atom stereocenters. The maximum absolute atomic E-state index is 12.3. The second-order valence-corrected chi connectivity index (χ2v) is 2.76. The molecule has 1 saturated carbocycles. The molecule has 1 aliphatic carbocycles. The molecule has 1 rings (SSSR count). The van der Waals surface area contributed by atoms with Crippen molar-refractivity contribution in [1.82, 2.24) is 0 Å². The first kappa shape index (κ1) is 9.28. The molecule has 0 aliphatic heterocycles. The normalized spacial score (nSPS) is 29.1. The topological polar surface area (TPSA) is 37.3 Å². The maximum Gasteiger partial charge on any atom is 0.311 e. The van der Waals surface area contributed by atoms with Gasteiger partial charge in [-0.2, -0.15) is 8.78 Å². The molecule has 70 valence electrons. The van der Waals surface area contributed by atoms with Crippen LogP contribution in [0.3, 0.4) is 0 Å². The number of carboxylic acid groups (broad SMARTS) is 1. The van der Waals surface area contributed by atoms with E-state index in [4.69, 9.17) is 5.11 Å². The minimum atomic E-state index is -4.15. The van der Waals surface area contributed by atoms with Gasteiger partial charge in [0.15, 0.2) is 0 Å². The van der Waals surface area contributed by atoms with Crippen molar-refractivity contribution in [2.45, 2.75) is 18.8 Å². The van der Waals surface area contributed by atoms with Crippen LogP contribution in [0, 0.1) is 11.8 Å². The summed E-state index contributed by atoms with van der Waals surface area (Å²) in [4.78, 5) is 10.1. The summed E-state index contributed by atoms with van der Waals surface area (Å²) in [5, 5.41) is 8.19. The van der Waals surface area contributed by atoms with Gasteiger partial charge in [0.25, 0.3) is 0 Å². The Morgan fingerprint density at radius 1 is 1.50 bits per heavy atom. The number of hydrogen-bond acceptors (Lipinski definition) is 1. The van der Waals surface area contributed by atoms with E-state index in [0.29, 0.717) is 0 Å². The standard InChI is InChI=1S/C6H6F4O2/c7-5(8)6(9,10)3-1-2(3)4(11)12/h2-3,5H,1H2,(H,11,12)/t2-,3-/m1/s1. The highest BCUT2D eigenvalue weighted by Gasteiger charge is 2.62. The van der Waals surface area contributed by atoms with E-state index in [1.165, 1.54) is 0 Å². The summed E-state index contributed by atoms with van der Waals surface area (Å²) in [5.41, 5.74) is 0. The highest BCUT2D eigenvalue weighted by molar-refractivity contribution is 5.73. The monoisotopic (exact) mass is 186 g/mol. The predicted octanol–water partition coefficient (Wildman–Crippen LogP) is 1.61. The van der Waals surface area contributed by atoms with Gasteiger partial charge in [0.2, 0.25) is 0 Å². The van der Waals surface area contributed by atoms with Crippen molar-refractivity contribution in [3.05, 3.63) is 0 Å². The van der Waals surface area contributed by atoms with E-state index in [0.717, 1.165) is 0 Å². The maximum atomic E-state index is 12.3. The van der Waals surface area contributed by atoms with E-state index in [9.17, 15) is 22.4 Å². The van der Waals surface area contributed by atoms with Gasteiger partial charge in [0.1, 0.15) is 0 Å². The zero-order valence-corrected chi connectivity index (χ0v) is 5.81. The Bertz CT molecular complexity index is 204. The highest BCUT2D eigenvalue weighted by Crippen LogP contribution is 2.51.